The van der Waals surface area contributed by atoms with Gasteiger partial charge in [-0.3, -0.25) is 4.79 Å². The smallest absolute Gasteiger partial charge is 0.264 e. The van der Waals surface area contributed by atoms with Gasteiger partial charge in [-0.05, 0) is 18.9 Å². The Kier molecular flexibility index (Phi) is 3.70. The third-order valence-electron chi connectivity index (χ3n) is 4.63. The van der Waals surface area contributed by atoms with E-state index in [4.69, 9.17) is 9.26 Å². The molecule has 0 N–H and O–H groups in total. The van der Waals surface area contributed by atoms with Crippen molar-refractivity contribution in [2.45, 2.75) is 38.2 Å². The Bertz CT molecular complexity index is 776. The Balaban J connectivity index is 1.46. The lowest BCUT2D eigenvalue weighted by molar-refractivity contribution is -0.139. The summed E-state index contributed by atoms with van der Waals surface area (Å²) in [6.07, 6.45) is 1.55. The topological polar surface area (TPSA) is 68.5 Å². The summed E-state index contributed by atoms with van der Waals surface area (Å²) >= 11 is 0. The molecule has 2 unspecified atom stereocenters. The van der Waals surface area contributed by atoms with E-state index in [9.17, 15) is 9.18 Å². The van der Waals surface area contributed by atoms with Crippen LogP contribution in [0.1, 0.15) is 36.0 Å². The normalized spacial score (nSPS) is 23.0. The van der Waals surface area contributed by atoms with E-state index in [1.807, 2.05) is 0 Å². The number of hydrogen-bond acceptors (Lipinski definition) is 5. The quantitative estimate of drug-likeness (QED) is 0.844. The first-order chi connectivity index (χ1) is 11.6. The zero-order valence-electron chi connectivity index (χ0n) is 13.4. The van der Waals surface area contributed by atoms with Gasteiger partial charge in [-0.2, -0.15) is 4.98 Å². The van der Waals surface area contributed by atoms with Gasteiger partial charge in [0.25, 0.3) is 5.91 Å². The van der Waals surface area contributed by atoms with Crippen LogP contribution in [0.4, 0.5) is 4.39 Å². The molecule has 0 bridgehead atoms. The van der Waals surface area contributed by atoms with Crippen molar-refractivity contribution in [1.29, 1.82) is 0 Å². The largest absolute Gasteiger partial charge is 0.477 e. The van der Waals surface area contributed by atoms with Crippen LogP contribution in [0.2, 0.25) is 0 Å². The second-order valence-electron chi connectivity index (χ2n) is 6.33. The van der Waals surface area contributed by atoms with E-state index >= 15 is 0 Å². The maximum absolute atomic E-state index is 13.8. The number of hydrogen-bond donors (Lipinski definition) is 0. The Labute approximate surface area is 138 Å². The van der Waals surface area contributed by atoms with Crippen LogP contribution in [-0.2, 0) is 11.2 Å². The van der Waals surface area contributed by atoms with Crippen molar-refractivity contribution >= 4 is 5.91 Å². The molecule has 2 aliphatic rings. The lowest BCUT2D eigenvalue weighted by Gasteiger charge is -2.32. The minimum absolute atomic E-state index is 0.0701. The van der Waals surface area contributed by atoms with Crippen LogP contribution in [0, 0.1) is 12.7 Å². The first kappa shape index (κ1) is 15.1. The van der Waals surface area contributed by atoms with Crippen LogP contribution in [0.25, 0.3) is 0 Å². The predicted molar refractivity (Wildman–Crippen MR) is 82.1 cm³/mol. The van der Waals surface area contributed by atoms with Crippen LogP contribution in [0.5, 0.6) is 5.75 Å². The maximum Gasteiger partial charge on any atom is 0.264 e. The number of benzene rings is 1. The number of aryl methyl sites for hydroxylation is 1. The highest BCUT2D eigenvalue weighted by Gasteiger charge is 2.36. The number of amides is 1. The number of carbonyl (C=O) groups excluding carboxylic acids is 1. The van der Waals surface area contributed by atoms with Gasteiger partial charge in [0.2, 0.25) is 5.89 Å². The second kappa shape index (κ2) is 5.89. The molecule has 1 fully saturated rings. The summed E-state index contributed by atoms with van der Waals surface area (Å²) in [7, 11) is 0. The Morgan fingerprint density at radius 2 is 2.29 bits per heavy atom. The molecular formula is C17H18FN3O3. The van der Waals surface area contributed by atoms with Gasteiger partial charge in [0.15, 0.2) is 23.5 Å². The van der Waals surface area contributed by atoms with Crippen LogP contribution >= 0.6 is 0 Å². The Hall–Kier alpha value is -2.44. The molecule has 0 saturated carbocycles. The number of rotatable bonds is 2. The molecule has 1 aromatic carbocycles. The molecule has 126 valence electrons. The maximum atomic E-state index is 13.8. The summed E-state index contributed by atoms with van der Waals surface area (Å²) in [5, 5.41) is 3.97. The van der Waals surface area contributed by atoms with Crippen molar-refractivity contribution in [3.63, 3.8) is 0 Å². The first-order valence-corrected chi connectivity index (χ1v) is 8.15. The molecule has 1 aromatic heterocycles. The molecule has 2 atom stereocenters. The monoisotopic (exact) mass is 331 g/mol. The number of ether oxygens (including phenoxy) is 1. The fraction of sp³-hybridized carbons (Fsp3) is 0.471. The number of aromatic nitrogens is 2. The molecule has 1 amide bonds. The van der Waals surface area contributed by atoms with Crippen molar-refractivity contribution in [2.24, 2.45) is 0 Å². The minimum Gasteiger partial charge on any atom is -0.477 e. The van der Waals surface area contributed by atoms with Gasteiger partial charge in [0, 0.05) is 37.9 Å². The lowest BCUT2D eigenvalue weighted by atomic mass is 9.96. The van der Waals surface area contributed by atoms with Gasteiger partial charge >= 0.3 is 0 Å². The number of likely N-dealkylation sites (tertiary alicyclic amines) is 1. The third-order valence-corrected chi connectivity index (χ3v) is 4.63. The third kappa shape index (κ3) is 2.64. The predicted octanol–water partition coefficient (Wildman–Crippen LogP) is 2.23. The van der Waals surface area contributed by atoms with Gasteiger partial charge in [-0.25, -0.2) is 4.39 Å². The highest BCUT2D eigenvalue weighted by Crippen LogP contribution is 2.33. The van der Waals surface area contributed by atoms with Crippen LogP contribution in [0.3, 0.4) is 0 Å². The van der Waals surface area contributed by atoms with Gasteiger partial charge in [-0.15, -0.1) is 0 Å². The number of para-hydroxylation sites is 1. The Morgan fingerprint density at radius 3 is 3.04 bits per heavy atom. The fourth-order valence-corrected chi connectivity index (χ4v) is 3.44. The molecule has 6 nitrogen and oxygen atoms in total. The van der Waals surface area contributed by atoms with Gasteiger partial charge in [0.05, 0.1) is 0 Å². The molecule has 0 spiro atoms. The van der Waals surface area contributed by atoms with E-state index in [1.54, 1.807) is 24.0 Å². The number of halogens is 1. The fourth-order valence-electron chi connectivity index (χ4n) is 3.44. The van der Waals surface area contributed by atoms with E-state index in [-0.39, 0.29) is 17.6 Å². The minimum atomic E-state index is -0.650. The molecule has 2 aromatic rings. The van der Waals surface area contributed by atoms with Crippen LogP contribution in [-0.4, -0.2) is 40.1 Å². The number of fused-ring (bicyclic) bond motifs is 1. The molecule has 7 heteroatoms. The van der Waals surface area contributed by atoms with E-state index in [0.717, 1.165) is 18.4 Å². The van der Waals surface area contributed by atoms with E-state index in [2.05, 4.69) is 10.1 Å². The molecular weight excluding hydrogens is 313 g/mol. The van der Waals surface area contributed by atoms with Gasteiger partial charge in [-0.1, -0.05) is 17.3 Å². The summed E-state index contributed by atoms with van der Waals surface area (Å²) in [5.41, 5.74) is 0.746. The first-order valence-electron chi connectivity index (χ1n) is 8.15. The molecule has 3 heterocycles. The summed E-state index contributed by atoms with van der Waals surface area (Å²) in [5.74, 6) is 0.932. The van der Waals surface area contributed by atoms with Crippen molar-refractivity contribution in [3.8, 4) is 5.75 Å². The molecule has 0 aliphatic carbocycles. The van der Waals surface area contributed by atoms with Gasteiger partial charge in [0.1, 0.15) is 0 Å². The van der Waals surface area contributed by atoms with E-state index < -0.39 is 11.9 Å². The number of nitrogens with zero attached hydrogens (tertiary/aromatic N) is 3. The molecule has 24 heavy (non-hydrogen) atoms. The number of carbonyl (C=O) groups is 1. The van der Waals surface area contributed by atoms with Crippen molar-refractivity contribution < 1.29 is 18.4 Å². The van der Waals surface area contributed by atoms with E-state index in [1.165, 1.54) is 6.07 Å². The highest BCUT2D eigenvalue weighted by molar-refractivity contribution is 5.82. The van der Waals surface area contributed by atoms with Crippen LogP contribution < -0.4 is 4.74 Å². The SMILES string of the molecule is Cc1nc(C2CCCN(C(=O)C3Cc4cccc(F)c4O3)C2)no1. The second-order valence-corrected chi connectivity index (χ2v) is 6.33. The average molecular weight is 331 g/mol. The average Bonchev–Trinajstić information content (AvgIpc) is 3.21. The standard InChI is InChI=1S/C17H18FN3O3/c1-10-19-16(20-24-10)12-5-3-7-21(9-12)17(22)14-8-11-4-2-6-13(18)15(11)23-14/h2,4,6,12,14H,3,5,7-9H2,1H3. The van der Waals surface area contributed by atoms with E-state index in [0.29, 0.717) is 31.2 Å². The Morgan fingerprint density at radius 1 is 1.42 bits per heavy atom. The molecule has 2 aliphatic heterocycles. The summed E-state index contributed by atoms with van der Waals surface area (Å²) in [6, 6.07) is 4.79. The zero-order valence-corrected chi connectivity index (χ0v) is 13.4. The van der Waals surface area contributed by atoms with Crippen molar-refractivity contribution in [1.82, 2.24) is 15.0 Å². The zero-order chi connectivity index (χ0) is 16.7. The van der Waals surface area contributed by atoms with Crippen molar-refractivity contribution in [2.75, 3.05) is 13.1 Å². The molecule has 4 rings (SSSR count). The van der Waals surface area contributed by atoms with Crippen molar-refractivity contribution in [3.05, 3.63) is 41.3 Å². The summed E-state index contributed by atoms with van der Waals surface area (Å²) < 4.78 is 24.4. The number of piperidine rings is 1. The molecule has 0 radical (unpaired) electrons. The summed E-state index contributed by atoms with van der Waals surface area (Å²) in [4.78, 5) is 18.8. The lowest BCUT2D eigenvalue weighted by Crippen LogP contribution is -2.46. The van der Waals surface area contributed by atoms with Gasteiger partial charge < -0.3 is 14.2 Å². The highest BCUT2D eigenvalue weighted by atomic mass is 19.1. The molecule has 1 saturated heterocycles. The summed E-state index contributed by atoms with van der Waals surface area (Å²) in [6.45, 7) is 2.96. The van der Waals surface area contributed by atoms with Crippen LogP contribution in [0.15, 0.2) is 22.7 Å².